The molecule has 0 bridgehead atoms. The summed E-state index contributed by atoms with van der Waals surface area (Å²) >= 11 is 0. The largest absolute Gasteiger partial charge is 0.785 e. The minimum atomic E-state index is 0.125. The second-order valence-electron chi connectivity index (χ2n) is 2.10. The van der Waals surface area contributed by atoms with E-state index in [0.29, 0.717) is 13.0 Å². The quantitative estimate of drug-likeness (QED) is 0.549. The van der Waals surface area contributed by atoms with Gasteiger partial charge in [-0.05, 0) is 19.4 Å². The summed E-state index contributed by atoms with van der Waals surface area (Å²) in [5.41, 5.74) is 0. The van der Waals surface area contributed by atoms with Crippen LogP contribution in [-0.4, -0.2) is 29.4 Å². The standard InChI is InChI=1S/C5H10NO2/c7-4-2-5-1-3-6(5)8/h5,7H,1-4H2/q-1. The van der Waals surface area contributed by atoms with Crippen LogP contribution in [0.5, 0.6) is 0 Å². The predicted molar refractivity (Wildman–Crippen MR) is 30.2 cm³/mol. The number of rotatable bonds is 2. The van der Waals surface area contributed by atoms with E-state index in [-0.39, 0.29) is 12.6 Å². The summed E-state index contributed by atoms with van der Waals surface area (Å²) in [6.45, 7) is 0.800. The highest BCUT2D eigenvalue weighted by molar-refractivity contribution is 4.82. The Labute approximate surface area is 48.5 Å². The van der Waals surface area contributed by atoms with Crippen LogP contribution in [0.1, 0.15) is 12.8 Å². The topological polar surface area (TPSA) is 46.5 Å². The number of nitrogens with zero attached hydrogens (tertiary/aromatic N) is 1. The molecule has 0 aromatic heterocycles. The van der Waals surface area contributed by atoms with Gasteiger partial charge in [0.25, 0.3) is 0 Å². The maximum absolute atomic E-state index is 10.4. The zero-order valence-corrected chi connectivity index (χ0v) is 4.71. The minimum Gasteiger partial charge on any atom is -0.785 e. The average molecular weight is 116 g/mol. The molecule has 1 rings (SSSR count). The van der Waals surface area contributed by atoms with Crippen molar-refractivity contribution in [2.24, 2.45) is 0 Å². The SMILES string of the molecule is [O-]N1CCC1CCO. The van der Waals surface area contributed by atoms with E-state index < -0.39 is 0 Å². The van der Waals surface area contributed by atoms with Crippen molar-refractivity contribution in [3.63, 3.8) is 0 Å². The van der Waals surface area contributed by atoms with Gasteiger partial charge in [-0.25, -0.2) is 0 Å². The fourth-order valence-electron chi connectivity index (χ4n) is 0.854. The Morgan fingerprint density at radius 2 is 2.50 bits per heavy atom. The zero-order valence-electron chi connectivity index (χ0n) is 4.71. The smallest absolute Gasteiger partial charge is 0.0445 e. The molecule has 0 radical (unpaired) electrons. The fraction of sp³-hybridized carbons (Fsp3) is 1.00. The molecule has 48 valence electrons. The van der Waals surface area contributed by atoms with Crippen LogP contribution in [0, 0.1) is 5.21 Å². The van der Waals surface area contributed by atoms with E-state index in [2.05, 4.69) is 0 Å². The van der Waals surface area contributed by atoms with Crippen LogP contribution in [-0.2, 0) is 0 Å². The molecule has 1 fully saturated rings. The molecule has 1 unspecified atom stereocenters. The van der Waals surface area contributed by atoms with E-state index in [9.17, 15) is 5.21 Å². The van der Waals surface area contributed by atoms with Crippen LogP contribution < -0.4 is 0 Å². The maximum atomic E-state index is 10.4. The van der Waals surface area contributed by atoms with E-state index in [1.165, 1.54) is 0 Å². The van der Waals surface area contributed by atoms with Gasteiger partial charge in [0.15, 0.2) is 0 Å². The molecular formula is C5H10NO2-. The fourth-order valence-corrected chi connectivity index (χ4v) is 0.854. The normalized spacial score (nSPS) is 30.0. The van der Waals surface area contributed by atoms with E-state index in [4.69, 9.17) is 5.11 Å². The Morgan fingerprint density at radius 1 is 1.75 bits per heavy atom. The van der Waals surface area contributed by atoms with Crippen LogP contribution in [0.15, 0.2) is 0 Å². The van der Waals surface area contributed by atoms with Crippen molar-refractivity contribution < 1.29 is 5.11 Å². The van der Waals surface area contributed by atoms with Crippen LogP contribution >= 0.6 is 0 Å². The summed E-state index contributed by atoms with van der Waals surface area (Å²) in [6.07, 6.45) is 1.60. The molecule has 3 nitrogen and oxygen atoms in total. The highest BCUT2D eigenvalue weighted by atomic mass is 16.5. The molecule has 1 N–H and O–H groups in total. The van der Waals surface area contributed by atoms with Gasteiger partial charge in [-0.1, -0.05) is 0 Å². The molecule has 0 spiro atoms. The van der Waals surface area contributed by atoms with E-state index in [1.807, 2.05) is 0 Å². The summed E-state index contributed by atoms with van der Waals surface area (Å²) in [5, 5.41) is 19.8. The van der Waals surface area contributed by atoms with Crippen molar-refractivity contribution in [1.29, 1.82) is 0 Å². The number of hydroxylamine groups is 2. The lowest BCUT2D eigenvalue weighted by molar-refractivity contribution is 0.120. The van der Waals surface area contributed by atoms with Gasteiger partial charge in [0, 0.05) is 12.6 Å². The highest BCUT2D eigenvalue weighted by Gasteiger charge is 2.17. The Hall–Kier alpha value is -0.120. The highest BCUT2D eigenvalue weighted by Crippen LogP contribution is 2.17. The molecule has 0 aromatic rings. The van der Waals surface area contributed by atoms with Crippen LogP contribution in [0.3, 0.4) is 0 Å². The molecule has 1 atom stereocenters. The first kappa shape index (κ1) is 6.01. The minimum absolute atomic E-state index is 0.125. The number of hydrogen-bond acceptors (Lipinski definition) is 3. The molecular weight excluding hydrogens is 106 g/mol. The third-order valence-corrected chi connectivity index (χ3v) is 1.55. The summed E-state index contributed by atoms with van der Waals surface area (Å²) < 4.78 is 0. The van der Waals surface area contributed by atoms with Crippen molar-refractivity contribution >= 4 is 0 Å². The third kappa shape index (κ3) is 0.992. The van der Waals surface area contributed by atoms with E-state index in [0.717, 1.165) is 11.5 Å². The molecule has 0 aliphatic carbocycles. The van der Waals surface area contributed by atoms with Crippen molar-refractivity contribution in [2.45, 2.75) is 18.9 Å². The van der Waals surface area contributed by atoms with E-state index >= 15 is 0 Å². The average Bonchev–Trinajstić information content (AvgIpc) is 1.79. The summed E-state index contributed by atoms with van der Waals surface area (Å²) in [7, 11) is 0. The van der Waals surface area contributed by atoms with Gasteiger partial charge in [-0.3, -0.25) is 0 Å². The van der Waals surface area contributed by atoms with Crippen LogP contribution in [0.4, 0.5) is 0 Å². The van der Waals surface area contributed by atoms with Crippen LogP contribution in [0.2, 0.25) is 0 Å². The molecule has 1 aliphatic rings. The van der Waals surface area contributed by atoms with Gasteiger partial charge in [0.1, 0.15) is 0 Å². The van der Waals surface area contributed by atoms with Gasteiger partial charge < -0.3 is 15.4 Å². The first-order valence-electron chi connectivity index (χ1n) is 2.89. The van der Waals surface area contributed by atoms with Crippen molar-refractivity contribution in [3.05, 3.63) is 5.21 Å². The summed E-state index contributed by atoms with van der Waals surface area (Å²) in [4.78, 5) is 0. The second-order valence-corrected chi connectivity index (χ2v) is 2.10. The monoisotopic (exact) mass is 116 g/mol. The van der Waals surface area contributed by atoms with Gasteiger partial charge >= 0.3 is 0 Å². The van der Waals surface area contributed by atoms with Crippen molar-refractivity contribution in [2.75, 3.05) is 13.2 Å². The Bertz CT molecular complexity index is 76.8. The van der Waals surface area contributed by atoms with Gasteiger partial charge in [-0.2, -0.15) is 0 Å². The predicted octanol–water partition coefficient (Wildman–Crippen LogP) is -0.0591. The summed E-state index contributed by atoms with van der Waals surface area (Å²) in [6, 6.07) is 0.125. The van der Waals surface area contributed by atoms with Crippen molar-refractivity contribution in [1.82, 2.24) is 5.06 Å². The molecule has 8 heavy (non-hydrogen) atoms. The van der Waals surface area contributed by atoms with Gasteiger partial charge in [-0.15, -0.1) is 0 Å². The van der Waals surface area contributed by atoms with Crippen LogP contribution in [0.25, 0.3) is 0 Å². The molecule has 3 heteroatoms. The first-order chi connectivity index (χ1) is 3.84. The van der Waals surface area contributed by atoms with Crippen molar-refractivity contribution in [3.8, 4) is 0 Å². The molecule has 0 saturated carbocycles. The number of aliphatic hydroxyl groups is 1. The molecule has 0 aromatic carbocycles. The number of hydrogen-bond donors (Lipinski definition) is 1. The second kappa shape index (κ2) is 2.44. The molecule has 1 heterocycles. The Kier molecular flexibility index (Phi) is 1.83. The lowest BCUT2D eigenvalue weighted by atomic mass is 10.0. The Morgan fingerprint density at radius 3 is 2.62 bits per heavy atom. The lowest BCUT2D eigenvalue weighted by Gasteiger charge is -2.46. The first-order valence-corrected chi connectivity index (χ1v) is 2.89. The third-order valence-electron chi connectivity index (χ3n) is 1.55. The van der Waals surface area contributed by atoms with Gasteiger partial charge in [0.2, 0.25) is 0 Å². The lowest BCUT2D eigenvalue weighted by Crippen LogP contribution is -2.43. The zero-order chi connectivity index (χ0) is 5.98. The Balaban J connectivity index is 2.08. The molecule has 1 saturated heterocycles. The maximum Gasteiger partial charge on any atom is 0.0445 e. The summed E-state index contributed by atoms with van der Waals surface area (Å²) in [5.74, 6) is 0. The number of aliphatic hydroxyl groups excluding tert-OH is 1. The molecule has 1 aliphatic heterocycles. The van der Waals surface area contributed by atoms with E-state index in [1.54, 1.807) is 0 Å². The molecule has 0 amide bonds. The van der Waals surface area contributed by atoms with Gasteiger partial charge in [0.05, 0.1) is 0 Å².